The molecule has 0 aliphatic heterocycles. The van der Waals surface area contributed by atoms with Crippen molar-refractivity contribution in [3.63, 3.8) is 0 Å². The van der Waals surface area contributed by atoms with Crippen LogP contribution in [-0.4, -0.2) is 27.7 Å². The molecule has 0 radical (unpaired) electrons. The molecule has 0 unspecified atom stereocenters. The number of thiophene rings is 1. The van der Waals surface area contributed by atoms with Gasteiger partial charge in [-0.25, -0.2) is 21.6 Å². The van der Waals surface area contributed by atoms with E-state index in [0.717, 1.165) is 6.07 Å². The van der Waals surface area contributed by atoms with Crippen molar-refractivity contribution in [3.8, 4) is 0 Å². The predicted molar refractivity (Wildman–Crippen MR) is 95.1 cm³/mol. The Morgan fingerprint density at radius 3 is 2.27 bits per heavy atom. The number of aromatic nitrogens is 1. The fourth-order valence-electron chi connectivity index (χ4n) is 2.04. The van der Waals surface area contributed by atoms with Crippen molar-refractivity contribution in [3.05, 3.63) is 71.9 Å². The van der Waals surface area contributed by atoms with Gasteiger partial charge in [-0.15, -0.1) is 11.3 Å². The van der Waals surface area contributed by atoms with Crippen molar-refractivity contribution in [2.75, 3.05) is 0 Å². The third kappa shape index (κ3) is 3.66. The average Bonchev–Trinajstić information content (AvgIpc) is 3.15. The quantitative estimate of drug-likeness (QED) is 0.692. The van der Waals surface area contributed by atoms with Crippen LogP contribution in [0.5, 0.6) is 0 Å². The largest absolute Gasteiger partial charge is 0.283 e. The molecule has 0 saturated carbocycles. The van der Waals surface area contributed by atoms with Gasteiger partial charge in [0.1, 0.15) is 9.90 Å². The summed E-state index contributed by atoms with van der Waals surface area (Å²) in [6.45, 7) is 0. The van der Waals surface area contributed by atoms with Gasteiger partial charge < -0.3 is 0 Å². The molecule has 7 nitrogen and oxygen atoms in total. The Balaban J connectivity index is 1.88. The molecule has 0 bridgehead atoms. The maximum atomic E-state index is 12.5. The lowest BCUT2D eigenvalue weighted by Crippen LogP contribution is -2.30. The highest BCUT2D eigenvalue weighted by Crippen LogP contribution is 2.28. The number of carbonyl (C=O) groups is 1. The fourth-order valence-corrected chi connectivity index (χ4v) is 5.90. The Morgan fingerprint density at radius 2 is 1.62 bits per heavy atom. The Labute approximate surface area is 154 Å². The average molecular weight is 408 g/mol. The molecule has 0 aliphatic rings. The number of sulfonamides is 1. The third-order valence-electron chi connectivity index (χ3n) is 3.30. The maximum Gasteiger partial charge on any atom is 0.283 e. The number of nitrogens with zero attached hydrogens (tertiary/aromatic N) is 1. The minimum absolute atomic E-state index is 0.0549. The molecule has 2 aromatic heterocycles. The summed E-state index contributed by atoms with van der Waals surface area (Å²) in [5, 5.41) is 1.22. The molecule has 134 valence electrons. The molecule has 0 saturated heterocycles. The van der Waals surface area contributed by atoms with Gasteiger partial charge in [-0.3, -0.25) is 9.78 Å². The summed E-state index contributed by atoms with van der Waals surface area (Å²) in [5.74, 6) is -0.897. The van der Waals surface area contributed by atoms with Gasteiger partial charge in [0.2, 0.25) is 9.84 Å². The molecule has 26 heavy (non-hydrogen) atoms. The summed E-state index contributed by atoms with van der Waals surface area (Å²) in [4.78, 5) is 15.7. The van der Waals surface area contributed by atoms with Crippen LogP contribution in [0.4, 0.5) is 0 Å². The Morgan fingerprint density at radius 1 is 0.923 bits per heavy atom. The first-order chi connectivity index (χ1) is 12.3. The molecule has 0 spiro atoms. The van der Waals surface area contributed by atoms with Crippen LogP contribution in [0.15, 0.2) is 80.2 Å². The second kappa shape index (κ2) is 6.98. The minimum Gasteiger partial charge on any atom is -0.266 e. The first-order valence-electron chi connectivity index (χ1n) is 7.17. The highest BCUT2D eigenvalue weighted by Gasteiger charge is 2.25. The summed E-state index contributed by atoms with van der Waals surface area (Å²) >= 11 is 0.713. The lowest BCUT2D eigenvalue weighted by atomic mass is 10.3. The van der Waals surface area contributed by atoms with Crippen LogP contribution in [0.3, 0.4) is 0 Å². The number of sulfone groups is 1. The molecular weight excluding hydrogens is 396 g/mol. The van der Waals surface area contributed by atoms with Gasteiger partial charge in [-0.05, 0) is 30.3 Å². The highest BCUT2D eigenvalue weighted by atomic mass is 32.2. The smallest absolute Gasteiger partial charge is 0.266 e. The van der Waals surface area contributed by atoms with Crippen LogP contribution >= 0.6 is 11.3 Å². The first-order valence-corrected chi connectivity index (χ1v) is 11.0. The lowest BCUT2D eigenvalue weighted by molar-refractivity contribution is 0.0976. The van der Waals surface area contributed by atoms with Crippen molar-refractivity contribution in [1.29, 1.82) is 0 Å². The number of carbonyl (C=O) groups excluding carboxylic acids is 1. The van der Waals surface area contributed by atoms with Gasteiger partial charge in [0, 0.05) is 11.6 Å². The number of benzene rings is 1. The molecule has 1 aromatic carbocycles. The number of amides is 1. The van der Waals surface area contributed by atoms with E-state index in [-0.39, 0.29) is 19.7 Å². The lowest BCUT2D eigenvalue weighted by Gasteiger charge is -2.04. The Kier molecular flexibility index (Phi) is 4.90. The van der Waals surface area contributed by atoms with Crippen LogP contribution in [-0.2, 0) is 19.9 Å². The van der Waals surface area contributed by atoms with E-state index in [1.54, 1.807) is 30.3 Å². The van der Waals surface area contributed by atoms with Crippen LogP contribution in [0.2, 0.25) is 0 Å². The van der Waals surface area contributed by atoms with Gasteiger partial charge in [-0.2, -0.15) is 0 Å². The molecule has 10 heteroatoms. The standard InChI is InChI=1S/C16H12N2O5S3/c19-16(14-8-4-5-9-17-14)18-26(22,23)15-10-13(11-24-15)25(20,21)12-6-2-1-3-7-12/h1-11H,(H,18,19). The van der Waals surface area contributed by atoms with E-state index >= 15 is 0 Å². The molecule has 3 aromatic rings. The van der Waals surface area contributed by atoms with Crippen LogP contribution < -0.4 is 4.72 Å². The molecule has 1 N–H and O–H groups in total. The van der Waals surface area contributed by atoms with E-state index in [1.807, 2.05) is 4.72 Å². The molecular formula is C16H12N2O5S3. The summed E-state index contributed by atoms with van der Waals surface area (Å²) in [7, 11) is -8.05. The maximum absolute atomic E-state index is 12.5. The van der Waals surface area contributed by atoms with E-state index < -0.39 is 25.8 Å². The van der Waals surface area contributed by atoms with Gasteiger partial charge >= 0.3 is 0 Å². The summed E-state index contributed by atoms with van der Waals surface area (Å²) in [6.07, 6.45) is 1.36. The zero-order valence-electron chi connectivity index (χ0n) is 13.1. The molecule has 0 fully saturated rings. The number of rotatable bonds is 5. The highest BCUT2D eigenvalue weighted by molar-refractivity contribution is 7.93. The second-order valence-corrected chi connectivity index (χ2v) is 9.84. The summed E-state index contributed by atoms with van der Waals surface area (Å²) < 4.78 is 51.4. The van der Waals surface area contributed by atoms with Crippen molar-refractivity contribution in [2.45, 2.75) is 14.0 Å². The van der Waals surface area contributed by atoms with E-state index in [9.17, 15) is 21.6 Å². The zero-order chi connectivity index (χ0) is 18.8. The number of pyridine rings is 1. The topological polar surface area (TPSA) is 110 Å². The van der Waals surface area contributed by atoms with Crippen molar-refractivity contribution in [2.24, 2.45) is 0 Å². The predicted octanol–water partition coefficient (Wildman–Crippen LogP) is 2.09. The van der Waals surface area contributed by atoms with Crippen LogP contribution in [0.1, 0.15) is 10.5 Å². The van der Waals surface area contributed by atoms with Gasteiger partial charge in [0.15, 0.2) is 0 Å². The molecule has 3 rings (SSSR count). The van der Waals surface area contributed by atoms with E-state index in [2.05, 4.69) is 4.98 Å². The Hall–Kier alpha value is -2.56. The zero-order valence-corrected chi connectivity index (χ0v) is 15.5. The summed E-state index contributed by atoms with van der Waals surface area (Å²) in [5.41, 5.74) is -0.0650. The molecule has 1 amide bonds. The first kappa shape index (κ1) is 18.2. The number of nitrogens with one attached hydrogen (secondary N) is 1. The normalized spacial score (nSPS) is 11.8. The second-order valence-electron chi connectivity index (χ2n) is 5.07. The van der Waals surface area contributed by atoms with E-state index in [0.29, 0.717) is 11.3 Å². The Bertz CT molecular complexity index is 1140. The van der Waals surface area contributed by atoms with E-state index in [4.69, 9.17) is 0 Å². The SMILES string of the molecule is O=C(NS(=O)(=O)c1cc(S(=O)(=O)c2ccccc2)cs1)c1ccccn1. The van der Waals surface area contributed by atoms with Crippen LogP contribution in [0.25, 0.3) is 0 Å². The third-order valence-corrected chi connectivity index (χ3v) is 7.97. The van der Waals surface area contributed by atoms with Crippen molar-refractivity contribution < 1.29 is 21.6 Å². The van der Waals surface area contributed by atoms with Crippen molar-refractivity contribution >= 4 is 37.1 Å². The van der Waals surface area contributed by atoms with Gasteiger partial charge in [0.05, 0.1) is 9.79 Å². The summed E-state index contributed by atoms with van der Waals surface area (Å²) in [6, 6.07) is 13.2. The number of hydrogen-bond donors (Lipinski definition) is 1. The minimum atomic E-state index is -4.21. The molecule has 0 atom stereocenters. The van der Waals surface area contributed by atoms with Crippen LogP contribution in [0, 0.1) is 0 Å². The molecule has 2 heterocycles. The number of hydrogen-bond acceptors (Lipinski definition) is 7. The van der Waals surface area contributed by atoms with Gasteiger partial charge in [-0.1, -0.05) is 24.3 Å². The van der Waals surface area contributed by atoms with Gasteiger partial charge in [0.25, 0.3) is 15.9 Å². The fraction of sp³-hybridized carbons (Fsp3) is 0. The van der Waals surface area contributed by atoms with Crippen molar-refractivity contribution in [1.82, 2.24) is 9.71 Å². The monoisotopic (exact) mass is 408 g/mol. The van der Waals surface area contributed by atoms with E-state index in [1.165, 1.54) is 29.8 Å². The molecule has 0 aliphatic carbocycles.